The molecule has 1 rings (SSSR count). The Morgan fingerprint density at radius 1 is 1.05 bits per heavy atom. The van der Waals surface area contributed by atoms with Crippen molar-refractivity contribution in [3.8, 4) is 5.75 Å². The molecule has 0 aromatic heterocycles. The Kier molecular flexibility index (Phi) is 10.4. The minimum absolute atomic E-state index is 0.327. The highest BCUT2D eigenvalue weighted by Gasteiger charge is 1.98. The van der Waals surface area contributed by atoms with Crippen molar-refractivity contribution in [1.82, 2.24) is 0 Å². The second-order valence-corrected chi connectivity index (χ2v) is 5.61. The van der Waals surface area contributed by atoms with Crippen molar-refractivity contribution < 1.29 is 14.6 Å². The van der Waals surface area contributed by atoms with Crippen LogP contribution in [0.15, 0.2) is 36.9 Å². The Morgan fingerprint density at radius 2 is 1.68 bits per heavy atom. The molecule has 1 N–H and O–H groups in total. The maximum Gasteiger partial charge on any atom is 0.118 e. The summed E-state index contributed by atoms with van der Waals surface area (Å²) in [5, 5.41) is 9.34. The highest BCUT2D eigenvalue weighted by Crippen LogP contribution is 2.13. The topological polar surface area (TPSA) is 38.7 Å². The quantitative estimate of drug-likeness (QED) is 0.431. The monoisotopic (exact) mass is 306 g/mol. The Hall–Kier alpha value is -1.32. The molecule has 0 bridgehead atoms. The van der Waals surface area contributed by atoms with Crippen LogP contribution in [0.5, 0.6) is 5.75 Å². The van der Waals surface area contributed by atoms with Crippen molar-refractivity contribution in [2.75, 3.05) is 13.7 Å². The van der Waals surface area contributed by atoms with Crippen LogP contribution in [-0.4, -0.2) is 24.9 Å². The molecular formula is C19H30O3. The molecule has 0 unspecified atom stereocenters. The standard InChI is InChI=1S/C19H30O3/c1-3-18(20)10-8-6-4-5-7-9-15-22-16-17-11-13-19(21-2)14-12-17/h3,11-14,18,20H,1,4-10,15-16H2,2H3/t18-/m0/s1. The van der Waals surface area contributed by atoms with Crippen LogP contribution in [0.1, 0.15) is 50.5 Å². The summed E-state index contributed by atoms with van der Waals surface area (Å²) in [6.45, 7) is 5.07. The number of ether oxygens (including phenoxy) is 2. The Labute approximate surface area is 135 Å². The summed E-state index contributed by atoms with van der Waals surface area (Å²) in [7, 11) is 1.67. The minimum Gasteiger partial charge on any atom is -0.497 e. The first-order valence-electron chi connectivity index (χ1n) is 8.27. The van der Waals surface area contributed by atoms with Gasteiger partial charge in [-0.15, -0.1) is 6.58 Å². The SMILES string of the molecule is C=C[C@H](O)CCCCCCCCOCc1ccc(OC)cc1. The molecule has 0 fully saturated rings. The van der Waals surface area contributed by atoms with E-state index in [9.17, 15) is 5.11 Å². The third-order valence-corrected chi connectivity index (χ3v) is 3.74. The summed E-state index contributed by atoms with van der Waals surface area (Å²) in [6, 6.07) is 8.00. The third kappa shape index (κ3) is 8.85. The van der Waals surface area contributed by atoms with Gasteiger partial charge in [0, 0.05) is 6.61 Å². The lowest BCUT2D eigenvalue weighted by Crippen LogP contribution is -2.00. The molecule has 0 aliphatic rings. The van der Waals surface area contributed by atoms with E-state index >= 15 is 0 Å². The highest BCUT2D eigenvalue weighted by molar-refractivity contribution is 5.26. The summed E-state index contributed by atoms with van der Waals surface area (Å²) in [5.74, 6) is 0.879. The molecule has 0 aliphatic carbocycles. The first-order chi connectivity index (χ1) is 10.8. The fourth-order valence-corrected chi connectivity index (χ4v) is 2.29. The molecule has 0 spiro atoms. The van der Waals surface area contributed by atoms with Gasteiger partial charge in [-0.3, -0.25) is 0 Å². The van der Waals surface area contributed by atoms with Gasteiger partial charge >= 0.3 is 0 Å². The molecule has 0 aliphatic heterocycles. The molecule has 3 nitrogen and oxygen atoms in total. The fraction of sp³-hybridized carbons (Fsp3) is 0.579. The predicted octanol–water partition coefficient (Wildman–Crippen LogP) is 4.49. The van der Waals surface area contributed by atoms with Crippen LogP contribution in [-0.2, 0) is 11.3 Å². The molecule has 0 amide bonds. The van der Waals surface area contributed by atoms with E-state index in [1.54, 1.807) is 13.2 Å². The number of aliphatic hydroxyl groups is 1. The van der Waals surface area contributed by atoms with Crippen LogP contribution in [0.4, 0.5) is 0 Å². The number of benzene rings is 1. The van der Waals surface area contributed by atoms with Crippen LogP contribution in [0.25, 0.3) is 0 Å². The summed E-state index contributed by atoms with van der Waals surface area (Å²) in [4.78, 5) is 0. The molecule has 3 heteroatoms. The average molecular weight is 306 g/mol. The third-order valence-electron chi connectivity index (χ3n) is 3.74. The molecular weight excluding hydrogens is 276 g/mol. The van der Waals surface area contributed by atoms with E-state index in [-0.39, 0.29) is 6.10 Å². The van der Waals surface area contributed by atoms with Gasteiger partial charge in [0.15, 0.2) is 0 Å². The van der Waals surface area contributed by atoms with Crippen molar-refractivity contribution in [1.29, 1.82) is 0 Å². The van der Waals surface area contributed by atoms with Gasteiger partial charge in [-0.25, -0.2) is 0 Å². The summed E-state index contributed by atoms with van der Waals surface area (Å²) in [5.41, 5.74) is 1.18. The normalized spacial score (nSPS) is 12.1. The van der Waals surface area contributed by atoms with Crippen LogP contribution in [0.3, 0.4) is 0 Å². The Balaban J connectivity index is 1.90. The number of rotatable bonds is 13. The molecule has 0 saturated carbocycles. The van der Waals surface area contributed by atoms with Crippen LogP contribution < -0.4 is 4.74 Å². The van der Waals surface area contributed by atoms with Crippen molar-refractivity contribution in [3.63, 3.8) is 0 Å². The minimum atomic E-state index is -0.327. The van der Waals surface area contributed by atoms with Gasteiger partial charge in [-0.1, -0.05) is 50.3 Å². The van der Waals surface area contributed by atoms with Crippen molar-refractivity contribution in [3.05, 3.63) is 42.5 Å². The first-order valence-corrected chi connectivity index (χ1v) is 8.27. The highest BCUT2D eigenvalue weighted by atomic mass is 16.5. The van der Waals surface area contributed by atoms with Gasteiger partial charge in [-0.2, -0.15) is 0 Å². The average Bonchev–Trinajstić information content (AvgIpc) is 2.56. The molecule has 124 valence electrons. The first kappa shape index (κ1) is 18.7. The number of hydrogen-bond donors (Lipinski definition) is 1. The predicted molar refractivity (Wildman–Crippen MR) is 91.2 cm³/mol. The van der Waals surface area contributed by atoms with Gasteiger partial charge < -0.3 is 14.6 Å². The Morgan fingerprint density at radius 3 is 2.32 bits per heavy atom. The van der Waals surface area contributed by atoms with Crippen molar-refractivity contribution >= 4 is 0 Å². The molecule has 22 heavy (non-hydrogen) atoms. The summed E-state index contributed by atoms with van der Waals surface area (Å²) >= 11 is 0. The molecule has 1 atom stereocenters. The molecule has 1 aromatic carbocycles. The lowest BCUT2D eigenvalue weighted by molar-refractivity contribution is 0.116. The molecule has 1 aromatic rings. The number of hydrogen-bond acceptors (Lipinski definition) is 3. The van der Waals surface area contributed by atoms with E-state index in [1.807, 2.05) is 24.3 Å². The number of unbranched alkanes of at least 4 members (excludes halogenated alkanes) is 5. The summed E-state index contributed by atoms with van der Waals surface area (Å²) in [6.07, 6.45) is 9.22. The van der Waals surface area contributed by atoms with Crippen LogP contribution in [0, 0.1) is 0 Å². The summed E-state index contributed by atoms with van der Waals surface area (Å²) < 4.78 is 10.8. The van der Waals surface area contributed by atoms with E-state index in [1.165, 1.54) is 31.2 Å². The second-order valence-electron chi connectivity index (χ2n) is 5.61. The van der Waals surface area contributed by atoms with Crippen LogP contribution in [0.2, 0.25) is 0 Å². The van der Waals surface area contributed by atoms with E-state index < -0.39 is 0 Å². The van der Waals surface area contributed by atoms with Gasteiger partial charge in [0.05, 0.1) is 19.8 Å². The maximum absolute atomic E-state index is 9.34. The Bertz CT molecular complexity index is 386. The van der Waals surface area contributed by atoms with E-state index in [2.05, 4.69) is 6.58 Å². The van der Waals surface area contributed by atoms with E-state index in [0.29, 0.717) is 6.61 Å². The zero-order valence-electron chi connectivity index (χ0n) is 13.8. The maximum atomic E-state index is 9.34. The second kappa shape index (κ2) is 12.2. The molecule has 0 radical (unpaired) electrons. The van der Waals surface area contributed by atoms with Crippen molar-refractivity contribution in [2.45, 2.75) is 57.7 Å². The van der Waals surface area contributed by atoms with Gasteiger partial charge in [-0.05, 0) is 30.5 Å². The van der Waals surface area contributed by atoms with Gasteiger partial charge in [0.25, 0.3) is 0 Å². The lowest BCUT2D eigenvalue weighted by atomic mass is 10.1. The van der Waals surface area contributed by atoms with E-state index in [0.717, 1.165) is 31.6 Å². The van der Waals surface area contributed by atoms with E-state index in [4.69, 9.17) is 9.47 Å². The van der Waals surface area contributed by atoms with Gasteiger partial charge in [0.1, 0.15) is 5.75 Å². The van der Waals surface area contributed by atoms with Crippen molar-refractivity contribution in [2.24, 2.45) is 0 Å². The van der Waals surface area contributed by atoms with Gasteiger partial charge in [0.2, 0.25) is 0 Å². The zero-order valence-corrected chi connectivity index (χ0v) is 13.8. The lowest BCUT2D eigenvalue weighted by Gasteiger charge is -2.06. The smallest absolute Gasteiger partial charge is 0.118 e. The molecule has 0 heterocycles. The number of methoxy groups -OCH3 is 1. The zero-order chi connectivity index (χ0) is 16.0. The van der Waals surface area contributed by atoms with Crippen LogP contribution >= 0.6 is 0 Å². The molecule has 0 saturated heterocycles. The number of aliphatic hydroxyl groups excluding tert-OH is 1. The largest absolute Gasteiger partial charge is 0.497 e. The fourth-order valence-electron chi connectivity index (χ4n) is 2.29.